The molecule has 1 aliphatic rings. The van der Waals surface area contributed by atoms with Gasteiger partial charge < -0.3 is 4.74 Å². The Morgan fingerprint density at radius 1 is 1.17 bits per heavy atom. The molecular formula is C15H14F3NO3S2. The van der Waals surface area contributed by atoms with Crippen LogP contribution in [0.4, 0.5) is 13.2 Å². The highest BCUT2D eigenvalue weighted by atomic mass is 32.2. The van der Waals surface area contributed by atoms with Crippen LogP contribution >= 0.6 is 11.3 Å². The molecule has 0 spiro atoms. The molecule has 0 saturated carbocycles. The van der Waals surface area contributed by atoms with Gasteiger partial charge in [-0.1, -0.05) is 18.2 Å². The van der Waals surface area contributed by atoms with Crippen LogP contribution in [0.1, 0.15) is 17.2 Å². The maximum atomic E-state index is 12.7. The Bertz CT molecular complexity index is 804. The molecule has 1 aromatic carbocycles. The third kappa shape index (κ3) is 3.57. The molecule has 4 nitrogen and oxygen atoms in total. The van der Waals surface area contributed by atoms with Crippen molar-refractivity contribution in [3.63, 3.8) is 0 Å². The summed E-state index contributed by atoms with van der Waals surface area (Å²) in [6.45, 7) is 0.522. The predicted molar refractivity (Wildman–Crippen MR) is 83.6 cm³/mol. The Labute approximate surface area is 141 Å². The molecule has 2 aromatic rings. The van der Waals surface area contributed by atoms with Crippen LogP contribution in [0.3, 0.4) is 0 Å². The van der Waals surface area contributed by atoms with Crippen molar-refractivity contribution in [2.45, 2.75) is 23.6 Å². The Balaban J connectivity index is 1.87. The lowest BCUT2D eigenvalue weighted by atomic mass is 10.1. The second-order valence-corrected chi connectivity index (χ2v) is 8.24. The Hall–Kier alpha value is -1.58. The number of nitrogens with zero attached hydrogens (tertiary/aromatic N) is 1. The normalized spacial score (nSPS) is 19.5. The lowest BCUT2D eigenvalue weighted by Crippen LogP contribution is -2.29. The van der Waals surface area contributed by atoms with Crippen LogP contribution in [0.2, 0.25) is 0 Å². The third-order valence-electron chi connectivity index (χ3n) is 3.79. The highest BCUT2D eigenvalue weighted by Crippen LogP contribution is 2.36. The molecule has 0 aliphatic carbocycles. The summed E-state index contributed by atoms with van der Waals surface area (Å²) in [5.74, 6) is -0.639. The number of alkyl halides is 3. The van der Waals surface area contributed by atoms with Crippen LogP contribution in [-0.2, 0) is 10.0 Å². The van der Waals surface area contributed by atoms with Crippen molar-refractivity contribution in [3.8, 4) is 5.75 Å². The molecule has 0 bridgehead atoms. The number of rotatable bonds is 4. The van der Waals surface area contributed by atoms with E-state index in [9.17, 15) is 21.6 Å². The molecule has 0 radical (unpaired) electrons. The number of sulfonamides is 1. The van der Waals surface area contributed by atoms with Crippen molar-refractivity contribution >= 4 is 21.4 Å². The Morgan fingerprint density at radius 3 is 2.58 bits per heavy atom. The molecule has 3 rings (SSSR count). The first kappa shape index (κ1) is 17.2. The van der Waals surface area contributed by atoms with Crippen molar-refractivity contribution in [2.24, 2.45) is 0 Å². The van der Waals surface area contributed by atoms with E-state index < -0.39 is 27.0 Å². The first-order chi connectivity index (χ1) is 11.3. The fraction of sp³-hybridized carbons (Fsp3) is 0.333. The van der Waals surface area contributed by atoms with Gasteiger partial charge in [-0.25, -0.2) is 8.42 Å². The van der Waals surface area contributed by atoms with Crippen molar-refractivity contribution in [1.82, 2.24) is 4.31 Å². The van der Waals surface area contributed by atoms with Crippen LogP contribution < -0.4 is 4.74 Å². The minimum Gasteiger partial charge on any atom is -0.404 e. The summed E-state index contributed by atoms with van der Waals surface area (Å²) in [6, 6.07) is 8.65. The van der Waals surface area contributed by atoms with E-state index in [2.05, 4.69) is 4.74 Å². The van der Waals surface area contributed by atoms with Crippen molar-refractivity contribution in [1.29, 1.82) is 0 Å². The van der Waals surface area contributed by atoms with Crippen molar-refractivity contribution in [2.75, 3.05) is 13.1 Å². The fourth-order valence-electron chi connectivity index (χ4n) is 2.71. The van der Waals surface area contributed by atoms with E-state index in [1.807, 2.05) is 17.5 Å². The van der Waals surface area contributed by atoms with E-state index in [1.54, 1.807) is 11.3 Å². The number of hydrogen-bond donors (Lipinski definition) is 0. The highest BCUT2D eigenvalue weighted by molar-refractivity contribution is 7.89. The summed E-state index contributed by atoms with van der Waals surface area (Å²) in [5.41, 5.74) is 0. The summed E-state index contributed by atoms with van der Waals surface area (Å²) in [6.07, 6.45) is -4.31. The van der Waals surface area contributed by atoms with Crippen LogP contribution in [0, 0.1) is 0 Å². The van der Waals surface area contributed by atoms with Gasteiger partial charge in [0.15, 0.2) is 0 Å². The van der Waals surface area contributed by atoms with E-state index in [4.69, 9.17) is 0 Å². The minimum atomic E-state index is -4.95. The molecular weight excluding hydrogens is 363 g/mol. The number of benzene rings is 1. The maximum Gasteiger partial charge on any atom is 0.573 e. The average molecular weight is 377 g/mol. The van der Waals surface area contributed by atoms with Crippen LogP contribution in [-0.4, -0.2) is 32.2 Å². The van der Waals surface area contributed by atoms with Crippen LogP contribution in [0.25, 0.3) is 0 Å². The smallest absolute Gasteiger partial charge is 0.404 e. The number of thiophene rings is 1. The Morgan fingerprint density at radius 2 is 1.92 bits per heavy atom. The maximum absolute atomic E-state index is 12.7. The van der Waals surface area contributed by atoms with E-state index in [1.165, 1.54) is 16.4 Å². The minimum absolute atomic E-state index is 0.0653. The number of hydrogen-bond acceptors (Lipinski definition) is 4. The molecule has 1 aliphatic heterocycles. The summed E-state index contributed by atoms with van der Waals surface area (Å²) in [5, 5.41) is 1.92. The summed E-state index contributed by atoms with van der Waals surface area (Å²) < 4.78 is 68.1. The first-order valence-electron chi connectivity index (χ1n) is 7.16. The van der Waals surface area contributed by atoms with Gasteiger partial charge in [0.2, 0.25) is 10.0 Å². The topological polar surface area (TPSA) is 46.6 Å². The molecule has 1 fully saturated rings. The molecule has 1 unspecified atom stereocenters. The van der Waals surface area contributed by atoms with E-state index >= 15 is 0 Å². The number of halogens is 3. The lowest BCUT2D eigenvalue weighted by Gasteiger charge is -2.19. The van der Waals surface area contributed by atoms with Gasteiger partial charge in [0.25, 0.3) is 0 Å². The predicted octanol–water partition coefficient (Wildman–Crippen LogP) is 3.82. The van der Waals surface area contributed by atoms with Crippen LogP contribution in [0.15, 0.2) is 46.7 Å². The van der Waals surface area contributed by atoms with Gasteiger partial charge in [-0.05, 0) is 30.0 Å². The monoisotopic (exact) mass is 377 g/mol. The second kappa shape index (κ2) is 6.38. The van der Waals surface area contributed by atoms with Crippen LogP contribution in [0.5, 0.6) is 5.75 Å². The SMILES string of the molecule is O=S(=O)(c1ccccc1OC(F)(F)F)N1CCC(c2cccs2)C1. The van der Waals surface area contributed by atoms with Gasteiger partial charge >= 0.3 is 6.36 Å². The quantitative estimate of drug-likeness (QED) is 0.814. The van der Waals surface area contributed by atoms with Gasteiger partial charge in [0.05, 0.1) is 0 Å². The van der Waals surface area contributed by atoms with Gasteiger partial charge in [-0.15, -0.1) is 24.5 Å². The zero-order valence-corrected chi connectivity index (χ0v) is 14.0. The highest BCUT2D eigenvalue weighted by Gasteiger charge is 2.38. The average Bonchev–Trinajstić information content (AvgIpc) is 3.17. The fourth-order valence-corrected chi connectivity index (χ4v) is 5.18. The largest absolute Gasteiger partial charge is 0.573 e. The summed E-state index contributed by atoms with van der Waals surface area (Å²) in [4.78, 5) is 0.613. The van der Waals surface area contributed by atoms with Gasteiger partial charge in [-0.3, -0.25) is 0 Å². The number of para-hydroxylation sites is 1. The molecule has 130 valence electrons. The zero-order valence-electron chi connectivity index (χ0n) is 12.4. The molecule has 1 aromatic heterocycles. The summed E-state index contributed by atoms with van der Waals surface area (Å²) >= 11 is 1.54. The second-order valence-electron chi connectivity index (χ2n) is 5.36. The molecule has 24 heavy (non-hydrogen) atoms. The van der Waals surface area contributed by atoms with E-state index in [-0.39, 0.29) is 19.0 Å². The van der Waals surface area contributed by atoms with Gasteiger partial charge in [-0.2, -0.15) is 4.31 Å². The Kier molecular flexibility index (Phi) is 4.58. The molecule has 1 saturated heterocycles. The lowest BCUT2D eigenvalue weighted by molar-refractivity contribution is -0.275. The van der Waals surface area contributed by atoms with Crippen molar-refractivity contribution in [3.05, 3.63) is 46.7 Å². The standard InChI is InChI=1S/C15H14F3NO3S2/c16-15(17,18)22-12-4-1-2-6-14(12)24(20,21)19-8-7-11(10-19)13-5-3-9-23-13/h1-6,9,11H,7-8,10H2. The summed E-state index contributed by atoms with van der Waals surface area (Å²) in [7, 11) is -4.05. The molecule has 0 amide bonds. The molecule has 0 N–H and O–H groups in total. The molecule has 9 heteroatoms. The van der Waals surface area contributed by atoms with Gasteiger partial charge in [0, 0.05) is 23.9 Å². The third-order valence-corrected chi connectivity index (χ3v) is 6.73. The molecule has 2 heterocycles. The number of ether oxygens (including phenoxy) is 1. The van der Waals surface area contributed by atoms with Gasteiger partial charge in [0.1, 0.15) is 10.6 Å². The molecule has 1 atom stereocenters. The van der Waals surface area contributed by atoms with E-state index in [0.717, 1.165) is 17.0 Å². The van der Waals surface area contributed by atoms with Crippen molar-refractivity contribution < 1.29 is 26.3 Å². The first-order valence-corrected chi connectivity index (χ1v) is 9.48. The van der Waals surface area contributed by atoms with E-state index in [0.29, 0.717) is 6.42 Å². The zero-order chi connectivity index (χ0) is 17.4.